The van der Waals surface area contributed by atoms with Gasteiger partial charge in [0.2, 0.25) is 0 Å². The maximum Gasteiger partial charge on any atom is 0.194 e. The zero-order chi connectivity index (χ0) is 13.6. The number of rotatable bonds is 2. The Balaban J connectivity index is 2.33. The molecular formula is C16H14O3. The first-order valence-electron chi connectivity index (χ1n) is 6.07. The predicted molar refractivity (Wildman–Crippen MR) is 73.2 cm³/mol. The van der Waals surface area contributed by atoms with E-state index >= 15 is 0 Å². The van der Waals surface area contributed by atoms with Crippen LogP contribution in [0.3, 0.4) is 0 Å². The van der Waals surface area contributed by atoms with E-state index in [-0.39, 0.29) is 5.78 Å². The largest absolute Gasteiger partial charge is 0.497 e. The molecule has 3 heteroatoms. The molecule has 0 saturated carbocycles. The predicted octanol–water partition coefficient (Wildman–Crippen LogP) is 3.22. The highest BCUT2D eigenvalue weighted by Crippen LogP contribution is 2.44. The summed E-state index contributed by atoms with van der Waals surface area (Å²) in [5.41, 5.74) is 4.26. The van der Waals surface area contributed by atoms with Gasteiger partial charge in [-0.05, 0) is 24.6 Å². The van der Waals surface area contributed by atoms with Crippen LogP contribution in [-0.4, -0.2) is 20.0 Å². The Kier molecular flexibility index (Phi) is 2.56. The second-order valence-electron chi connectivity index (χ2n) is 4.63. The minimum atomic E-state index is 0.0332. The van der Waals surface area contributed by atoms with Gasteiger partial charge in [-0.3, -0.25) is 4.79 Å². The van der Waals surface area contributed by atoms with Crippen LogP contribution in [0, 0.1) is 6.92 Å². The Morgan fingerprint density at radius 1 is 0.895 bits per heavy atom. The fraction of sp³-hybridized carbons (Fsp3) is 0.188. The summed E-state index contributed by atoms with van der Waals surface area (Å²) < 4.78 is 10.6. The molecule has 1 aliphatic carbocycles. The van der Waals surface area contributed by atoms with Crippen molar-refractivity contribution in [1.29, 1.82) is 0 Å². The number of aryl methyl sites for hydroxylation is 1. The van der Waals surface area contributed by atoms with Crippen LogP contribution in [0.5, 0.6) is 11.5 Å². The molecule has 0 radical (unpaired) electrons. The topological polar surface area (TPSA) is 35.5 Å². The fourth-order valence-electron chi connectivity index (χ4n) is 2.53. The molecule has 3 nitrogen and oxygen atoms in total. The Morgan fingerprint density at radius 3 is 2.37 bits per heavy atom. The van der Waals surface area contributed by atoms with Crippen LogP contribution in [0.25, 0.3) is 11.1 Å². The van der Waals surface area contributed by atoms with Crippen molar-refractivity contribution < 1.29 is 14.3 Å². The molecule has 3 rings (SSSR count). The number of carbonyl (C=O) groups is 1. The van der Waals surface area contributed by atoms with Gasteiger partial charge in [0.25, 0.3) is 0 Å². The normalized spacial score (nSPS) is 12.1. The molecule has 0 atom stereocenters. The summed E-state index contributed by atoms with van der Waals surface area (Å²) in [4.78, 5) is 12.5. The first-order chi connectivity index (χ1) is 9.15. The molecule has 96 valence electrons. The highest BCUT2D eigenvalue weighted by atomic mass is 16.5. The summed E-state index contributed by atoms with van der Waals surface area (Å²) in [6.45, 7) is 1.98. The quantitative estimate of drug-likeness (QED) is 0.704. The Hall–Kier alpha value is -2.29. The maximum absolute atomic E-state index is 12.5. The first-order valence-corrected chi connectivity index (χ1v) is 6.07. The standard InChI is InChI=1S/C16H14O3/c1-9-4-5-11-12(6-9)16(17)13-7-10(18-2)8-14(19-3)15(11)13/h4-8H,1-3H3. The fourth-order valence-corrected chi connectivity index (χ4v) is 2.53. The third kappa shape index (κ3) is 1.62. The average Bonchev–Trinajstić information content (AvgIpc) is 2.71. The zero-order valence-corrected chi connectivity index (χ0v) is 11.1. The van der Waals surface area contributed by atoms with Crippen molar-refractivity contribution in [3.05, 3.63) is 47.0 Å². The molecule has 0 amide bonds. The number of methoxy groups -OCH3 is 2. The van der Waals surface area contributed by atoms with E-state index in [4.69, 9.17) is 9.47 Å². The average molecular weight is 254 g/mol. The van der Waals surface area contributed by atoms with E-state index in [1.807, 2.05) is 25.1 Å². The van der Waals surface area contributed by atoms with Crippen LogP contribution in [0.4, 0.5) is 0 Å². The lowest BCUT2D eigenvalue weighted by Crippen LogP contribution is -1.97. The van der Waals surface area contributed by atoms with Gasteiger partial charge < -0.3 is 9.47 Å². The second-order valence-corrected chi connectivity index (χ2v) is 4.63. The third-order valence-corrected chi connectivity index (χ3v) is 3.46. The van der Waals surface area contributed by atoms with Crippen molar-refractivity contribution in [2.75, 3.05) is 14.2 Å². The molecule has 0 spiro atoms. The van der Waals surface area contributed by atoms with Gasteiger partial charge >= 0.3 is 0 Å². The van der Waals surface area contributed by atoms with Gasteiger partial charge in [0, 0.05) is 22.8 Å². The molecule has 0 aromatic heterocycles. The zero-order valence-electron chi connectivity index (χ0n) is 11.1. The molecule has 1 aliphatic rings. The summed E-state index contributed by atoms with van der Waals surface area (Å²) >= 11 is 0. The van der Waals surface area contributed by atoms with Crippen molar-refractivity contribution in [3.63, 3.8) is 0 Å². The van der Waals surface area contributed by atoms with Crippen molar-refractivity contribution in [1.82, 2.24) is 0 Å². The Bertz CT molecular complexity index is 687. The summed E-state index contributed by atoms with van der Waals surface area (Å²) in [7, 11) is 3.18. The lowest BCUT2D eigenvalue weighted by Gasteiger charge is -2.10. The van der Waals surface area contributed by atoms with Crippen molar-refractivity contribution >= 4 is 5.78 Å². The van der Waals surface area contributed by atoms with E-state index in [1.54, 1.807) is 26.4 Å². The Labute approximate surface area is 111 Å². The molecule has 0 heterocycles. The van der Waals surface area contributed by atoms with Gasteiger partial charge in [-0.1, -0.05) is 17.7 Å². The lowest BCUT2D eigenvalue weighted by molar-refractivity contribution is 0.104. The van der Waals surface area contributed by atoms with Crippen molar-refractivity contribution in [2.45, 2.75) is 6.92 Å². The SMILES string of the molecule is COc1cc(OC)c2c(c1)C(=O)c1cc(C)ccc1-2. The van der Waals surface area contributed by atoms with Crippen LogP contribution in [0.2, 0.25) is 0 Å². The molecule has 19 heavy (non-hydrogen) atoms. The van der Waals surface area contributed by atoms with Gasteiger partial charge in [-0.2, -0.15) is 0 Å². The number of benzene rings is 2. The monoisotopic (exact) mass is 254 g/mol. The maximum atomic E-state index is 12.5. The van der Waals surface area contributed by atoms with E-state index in [2.05, 4.69) is 0 Å². The molecule has 2 aromatic carbocycles. The lowest BCUT2D eigenvalue weighted by atomic mass is 10.0. The van der Waals surface area contributed by atoms with Crippen LogP contribution < -0.4 is 9.47 Å². The minimum absolute atomic E-state index is 0.0332. The van der Waals surface area contributed by atoms with Gasteiger partial charge in [-0.25, -0.2) is 0 Å². The van der Waals surface area contributed by atoms with Crippen molar-refractivity contribution in [2.24, 2.45) is 0 Å². The number of fused-ring (bicyclic) bond motifs is 3. The van der Waals surface area contributed by atoms with E-state index in [9.17, 15) is 4.79 Å². The van der Waals surface area contributed by atoms with Crippen LogP contribution >= 0.6 is 0 Å². The summed E-state index contributed by atoms with van der Waals surface area (Å²) in [6, 6.07) is 9.48. The number of carbonyl (C=O) groups excluding carboxylic acids is 1. The van der Waals surface area contributed by atoms with Gasteiger partial charge in [-0.15, -0.1) is 0 Å². The number of ether oxygens (including phenoxy) is 2. The van der Waals surface area contributed by atoms with Crippen LogP contribution in [0.1, 0.15) is 21.5 Å². The van der Waals surface area contributed by atoms with Gasteiger partial charge in [0.15, 0.2) is 5.78 Å². The third-order valence-electron chi connectivity index (χ3n) is 3.46. The Morgan fingerprint density at radius 2 is 1.68 bits per heavy atom. The summed E-state index contributed by atoms with van der Waals surface area (Å²) in [5.74, 6) is 1.34. The molecule has 0 fully saturated rings. The number of ketones is 1. The minimum Gasteiger partial charge on any atom is -0.497 e. The number of hydrogen-bond donors (Lipinski definition) is 0. The second kappa shape index (κ2) is 4.12. The first kappa shape index (κ1) is 11.8. The van der Waals surface area contributed by atoms with Gasteiger partial charge in [0.05, 0.1) is 14.2 Å². The summed E-state index contributed by atoms with van der Waals surface area (Å²) in [5, 5.41) is 0. The molecule has 2 aromatic rings. The molecule has 0 aliphatic heterocycles. The van der Waals surface area contributed by atoms with E-state index in [1.165, 1.54) is 0 Å². The van der Waals surface area contributed by atoms with Crippen LogP contribution in [-0.2, 0) is 0 Å². The van der Waals surface area contributed by atoms with Crippen LogP contribution in [0.15, 0.2) is 30.3 Å². The molecule has 0 saturated heterocycles. The van der Waals surface area contributed by atoms with E-state index in [0.29, 0.717) is 17.1 Å². The van der Waals surface area contributed by atoms with E-state index in [0.717, 1.165) is 22.3 Å². The molecule has 0 bridgehead atoms. The van der Waals surface area contributed by atoms with Gasteiger partial charge in [0.1, 0.15) is 11.5 Å². The summed E-state index contributed by atoms with van der Waals surface area (Å²) in [6.07, 6.45) is 0. The highest BCUT2D eigenvalue weighted by molar-refractivity contribution is 6.23. The molecule has 0 unspecified atom stereocenters. The highest BCUT2D eigenvalue weighted by Gasteiger charge is 2.30. The van der Waals surface area contributed by atoms with Crippen molar-refractivity contribution in [3.8, 4) is 22.6 Å². The number of hydrogen-bond acceptors (Lipinski definition) is 3. The smallest absolute Gasteiger partial charge is 0.194 e. The van der Waals surface area contributed by atoms with E-state index < -0.39 is 0 Å². The molecule has 0 N–H and O–H groups in total. The molecular weight excluding hydrogens is 240 g/mol.